The van der Waals surface area contributed by atoms with Crippen molar-refractivity contribution in [3.8, 4) is 0 Å². The molecule has 2 unspecified atom stereocenters. The topological polar surface area (TPSA) is 66.9 Å². The van der Waals surface area contributed by atoms with Crippen molar-refractivity contribution >= 4 is 39.7 Å². The van der Waals surface area contributed by atoms with E-state index in [1.54, 1.807) is 4.57 Å². The summed E-state index contributed by atoms with van der Waals surface area (Å²) < 4.78 is 2.95. The molecule has 2 fully saturated rings. The molecule has 0 radical (unpaired) electrons. The van der Waals surface area contributed by atoms with Crippen LogP contribution in [0, 0.1) is 22.5 Å². The smallest absolute Gasteiger partial charge is 0.272 e. The van der Waals surface area contributed by atoms with E-state index in [1.165, 1.54) is 30.6 Å². The standard InChI is InChI=1S/C21H29N3O2S2/c1-13-4-2-3-5-16(13)22-19(25)15-8-6-14(7-9-15)12-24-20(26)18-17(10-11-28-18)23-21(24)27/h10-11,13-16H,2-9,12H2,1H3,(H,22,25)(H,23,27). The van der Waals surface area contributed by atoms with E-state index < -0.39 is 0 Å². The van der Waals surface area contributed by atoms with Gasteiger partial charge in [-0.3, -0.25) is 14.2 Å². The van der Waals surface area contributed by atoms with Crippen LogP contribution in [0.5, 0.6) is 0 Å². The first-order chi connectivity index (χ1) is 13.5. The second-order valence-corrected chi connectivity index (χ2v) is 9.91. The highest BCUT2D eigenvalue weighted by atomic mass is 32.1. The number of amides is 1. The number of thiophene rings is 1. The van der Waals surface area contributed by atoms with Gasteiger partial charge in [0.1, 0.15) is 4.70 Å². The van der Waals surface area contributed by atoms with Crippen LogP contribution in [0.15, 0.2) is 16.2 Å². The van der Waals surface area contributed by atoms with Gasteiger partial charge in [0.15, 0.2) is 4.77 Å². The number of fused-ring (bicyclic) bond motifs is 1. The zero-order valence-corrected chi connectivity index (χ0v) is 18.0. The number of carbonyl (C=O) groups is 1. The van der Waals surface area contributed by atoms with E-state index in [0.717, 1.165) is 42.3 Å². The van der Waals surface area contributed by atoms with Crippen LogP contribution < -0.4 is 10.9 Å². The van der Waals surface area contributed by atoms with Gasteiger partial charge in [-0.05, 0) is 74.0 Å². The molecule has 1 amide bonds. The Hall–Kier alpha value is -1.47. The van der Waals surface area contributed by atoms with E-state index in [4.69, 9.17) is 12.2 Å². The SMILES string of the molecule is CC1CCCCC1NC(=O)C1CCC(Cn2c(=S)[nH]c3ccsc3c2=O)CC1. The van der Waals surface area contributed by atoms with E-state index in [9.17, 15) is 9.59 Å². The lowest BCUT2D eigenvalue weighted by molar-refractivity contribution is -0.127. The van der Waals surface area contributed by atoms with E-state index in [0.29, 0.717) is 29.2 Å². The molecule has 0 aromatic carbocycles. The monoisotopic (exact) mass is 419 g/mol. The molecular formula is C21H29N3O2S2. The average Bonchev–Trinajstić information content (AvgIpc) is 3.16. The Kier molecular flexibility index (Phi) is 6.01. The summed E-state index contributed by atoms with van der Waals surface area (Å²) in [6.45, 7) is 2.91. The van der Waals surface area contributed by atoms with Gasteiger partial charge < -0.3 is 10.3 Å². The van der Waals surface area contributed by atoms with Crippen molar-refractivity contribution in [2.24, 2.45) is 17.8 Å². The fourth-order valence-electron chi connectivity index (χ4n) is 4.83. The number of nitrogens with zero attached hydrogens (tertiary/aromatic N) is 1. The van der Waals surface area contributed by atoms with Crippen LogP contribution >= 0.6 is 23.6 Å². The molecule has 0 saturated heterocycles. The second kappa shape index (κ2) is 8.49. The molecule has 2 atom stereocenters. The molecular weight excluding hydrogens is 390 g/mol. The number of aromatic amines is 1. The second-order valence-electron chi connectivity index (χ2n) is 8.60. The summed E-state index contributed by atoms with van der Waals surface area (Å²) in [5.74, 6) is 1.36. The maximum absolute atomic E-state index is 12.7. The molecule has 7 heteroatoms. The molecule has 2 saturated carbocycles. The first-order valence-electron chi connectivity index (χ1n) is 10.5. The van der Waals surface area contributed by atoms with Crippen molar-refractivity contribution in [1.29, 1.82) is 0 Å². The molecule has 5 nitrogen and oxygen atoms in total. The lowest BCUT2D eigenvalue weighted by atomic mass is 9.80. The Morgan fingerprint density at radius 3 is 2.75 bits per heavy atom. The van der Waals surface area contributed by atoms with Crippen molar-refractivity contribution in [3.63, 3.8) is 0 Å². The van der Waals surface area contributed by atoms with Crippen molar-refractivity contribution in [2.75, 3.05) is 0 Å². The highest BCUT2D eigenvalue weighted by Crippen LogP contribution is 2.31. The molecule has 0 spiro atoms. The zero-order valence-electron chi connectivity index (χ0n) is 16.4. The van der Waals surface area contributed by atoms with Crippen LogP contribution in [0.1, 0.15) is 58.3 Å². The van der Waals surface area contributed by atoms with Crippen molar-refractivity contribution in [3.05, 3.63) is 26.6 Å². The Labute approximate surface area is 174 Å². The van der Waals surface area contributed by atoms with Crippen molar-refractivity contribution in [2.45, 2.75) is 70.9 Å². The third-order valence-electron chi connectivity index (χ3n) is 6.69. The van der Waals surface area contributed by atoms with Gasteiger partial charge in [-0.15, -0.1) is 11.3 Å². The number of carbonyl (C=O) groups excluding carboxylic acids is 1. The van der Waals surface area contributed by atoms with Gasteiger partial charge in [-0.2, -0.15) is 0 Å². The molecule has 2 aliphatic rings. The maximum atomic E-state index is 12.7. The number of hydrogen-bond acceptors (Lipinski definition) is 4. The van der Waals surface area contributed by atoms with Crippen LogP contribution in [-0.2, 0) is 11.3 Å². The maximum Gasteiger partial charge on any atom is 0.272 e. The van der Waals surface area contributed by atoms with Gasteiger partial charge in [-0.1, -0.05) is 19.8 Å². The highest BCUT2D eigenvalue weighted by Gasteiger charge is 2.30. The summed E-state index contributed by atoms with van der Waals surface area (Å²) in [6, 6.07) is 2.26. The van der Waals surface area contributed by atoms with Crippen molar-refractivity contribution in [1.82, 2.24) is 14.9 Å². The van der Waals surface area contributed by atoms with Gasteiger partial charge in [-0.25, -0.2) is 0 Å². The fraction of sp³-hybridized carbons (Fsp3) is 0.667. The van der Waals surface area contributed by atoms with Crippen LogP contribution in [-0.4, -0.2) is 21.5 Å². The summed E-state index contributed by atoms with van der Waals surface area (Å²) in [5.41, 5.74) is 0.841. The van der Waals surface area contributed by atoms with Crippen LogP contribution in [0.3, 0.4) is 0 Å². The Morgan fingerprint density at radius 1 is 1.25 bits per heavy atom. The van der Waals surface area contributed by atoms with Gasteiger partial charge in [0.05, 0.1) is 5.52 Å². The normalized spacial score (nSPS) is 28.3. The number of nitrogens with one attached hydrogen (secondary N) is 2. The quantitative estimate of drug-likeness (QED) is 0.711. The Bertz CT molecular complexity index is 952. The molecule has 2 aliphatic carbocycles. The summed E-state index contributed by atoms with van der Waals surface area (Å²) in [4.78, 5) is 28.6. The zero-order chi connectivity index (χ0) is 19.7. The van der Waals surface area contributed by atoms with Gasteiger partial charge in [0.2, 0.25) is 5.91 Å². The van der Waals surface area contributed by atoms with Crippen molar-refractivity contribution < 1.29 is 4.79 Å². The highest BCUT2D eigenvalue weighted by molar-refractivity contribution is 7.71. The summed E-state index contributed by atoms with van der Waals surface area (Å²) in [7, 11) is 0. The molecule has 152 valence electrons. The number of H-pyrrole nitrogens is 1. The minimum Gasteiger partial charge on any atom is -0.353 e. The van der Waals surface area contributed by atoms with Crippen LogP contribution in [0.2, 0.25) is 0 Å². The predicted molar refractivity (Wildman–Crippen MR) is 116 cm³/mol. The number of aromatic nitrogens is 2. The average molecular weight is 420 g/mol. The van der Waals surface area contributed by atoms with Gasteiger partial charge in [0.25, 0.3) is 5.56 Å². The molecule has 2 aromatic heterocycles. The fourth-order valence-corrected chi connectivity index (χ4v) is 5.90. The molecule has 2 aromatic rings. The van der Waals surface area contributed by atoms with Gasteiger partial charge in [0, 0.05) is 18.5 Å². The van der Waals surface area contributed by atoms with Gasteiger partial charge >= 0.3 is 0 Å². The number of hydrogen-bond donors (Lipinski definition) is 2. The van der Waals surface area contributed by atoms with E-state index in [1.807, 2.05) is 11.4 Å². The van der Waals surface area contributed by atoms with E-state index in [2.05, 4.69) is 17.2 Å². The summed E-state index contributed by atoms with van der Waals surface area (Å²) in [6.07, 6.45) is 8.62. The van der Waals surface area contributed by atoms with E-state index in [-0.39, 0.29) is 17.4 Å². The lowest BCUT2D eigenvalue weighted by Gasteiger charge is -2.33. The van der Waals surface area contributed by atoms with Crippen LogP contribution in [0.25, 0.3) is 10.2 Å². The summed E-state index contributed by atoms with van der Waals surface area (Å²) in [5, 5.41) is 5.24. The summed E-state index contributed by atoms with van der Waals surface area (Å²) >= 11 is 6.87. The third-order valence-corrected chi connectivity index (χ3v) is 7.91. The Morgan fingerprint density at radius 2 is 2.00 bits per heavy atom. The predicted octanol–water partition coefficient (Wildman–Crippen LogP) is 4.62. The molecule has 2 N–H and O–H groups in total. The molecule has 28 heavy (non-hydrogen) atoms. The molecule has 0 bridgehead atoms. The lowest BCUT2D eigenvalue weighted by Crippen LogP contribution is -2.44. The largest absolute Gasteiger partial charge is 0.353 e. The molecule has 0 aliphatic heterocycles. The molecule has 2 heterocycles. The number of rotatable bonds is 4. The first kappa shape index (κ1) is 19.8. The first-order valence-corrected chi connectivity index (χ1v) is 11.8. The van der Waals surface area contributed by atoms with E-state index >= 15 is 0 Å². The minimum atomic E-state index is 0.0138. The third kappa shape index (κ3) is 4.10. The van der Waals surface area contributed by atoms with Crippen LogP contribution in [0.4, 0.5) is 0 Å². The Balaban J connectivity index is 1.35. The molecule has 4 rings (SSSR count). The minimum absolute atomic E-state index is 0.0138.